The number of carbonyl (C=O) groups excluding carboxylic acids is 1. The van der Waals surface area contributed by atoms with E-state index in [2.05, 4.69) is 38.1 Å². The molecule has 0 aromatic heterocycles. The van der Waals surface area contributed by atoms with E-state index in [0.29, 0.717) is 12.8 Å². The summed E-state index contributed by atoms with van der Waals surface area (Å²) in [5.41, 5.74) is 8.02. The molecular weight excluding hydrogens is 236 g/mol. The zero-order chi connectivity index (χ0) is 14.6. The largest absolute Gasteiger partial charge is 0.339 e. The van der Waals surface area contributed by atoms with Crippen LogP contribution in [0.15, 0.2) is 24.3 Å². The molecule has 1 rings (SSSR count). The molecule has 106 valence electrons. The Bertz CT molecular complexity index is 417. The van der Waals surface area contributed by atoms with Crippen LogP contribution in [0.4, 0.5) is 0 Å². The lowest BCUT2D eigenvalue weighted by Gasteiger charge is -2.27. The van der Waals surface area contributed by atoms with Crippen LogP contribution in [0.25, 0.3) is 0 Å². The first-order valence-corrected chi connectivity index (χ1v) is 6.82. The molecule has 1 amide bonds. The molecule has 0 fully saturated rings. The number of hydrogen-bond acceptors (Lipinski definition) is 2. The van der Waals surface area contributed by atoms with Crippen molar-refractivity contribution in [1.82, 2.24) is 4.90 Å². The van der Waals surface area contributed by atoms with Crippen molar-refractivity contribution in [2.75, 3.05) is 7.05 Å². The van der Waals surface area contributed by atoms with Gasteiger partial charge in [-0.1, -0.05) is 29.8 Å². The molecule has 0 aliphatic heterocycles. The summed E-state index contributed by atoms with van der Waals surface area (Å²) in [6.45, 7) is 8.01. The highest BCUT2D eigenvalue weighted by atomic mass is 16.2. The molecule has 1 unspecified atom stereocenters. The SMILES string of the molecule is Cc1ccc(C(C)N(C)C(=O)CCC(C)(C)N)cc1. The maximum absolute atomic E-state index is 12.1. The van der Waals surface area contributed by atoms with Gasteiger partial charge in [0.15, 0.2) is 0 Å². The van der Waals surface area contributed by atoms with Gasteiger partial charge in [-0.2, -0.15) is 0 Å². The molecule has 0 heterocycles. The van der Waals surface area contributed by atoms with E-state index in [1.807, 2.05) is 20.9 Å². The van der Waals surface area contributed by atoms with Crippen molar-refractivity contribution in [3.05, 3.63) is 35.4 Å². The van der Waals surface area contributed by atoms with Gasteiger partial charge in [0.2, 0.25) is 5.91 Å². The first kappa shape index (κ1) is 15.7. The van der Waals surface area contributed by atoms with E-state index in [9.17, 15) is 4.79 Å². The fourth-order valence-corrected chi connectivity index (χ4v) is 1.89. The molecular formula is C16H26N2O. The molecule has 0 bridgehead atoms. The van der Waals surface area contributed by atoms with Gasteiger partial charge in [-0.25, -0.2) is 0 Å². The van der Waals surface area contributed by atoms with Gasteiger partial charge in [0.25, 0.3) is 0 Å². The number of nitrogens with zero attached hydrogens (tertiary/aromatic N) is 1. The summed E-state index contributed by atoms with van der Waals surface area (Å²) in [6, 6.07) is 8.40. The quantitative estimate of drug-likeness (QED) is 0.886. The molecule has 3 heteroatoms. The molecule has 1 aromatic rings. The predicted molar refractivity (Wildman–Crippen MR) is 79.9 cm³/mol. The molecule has 1 aromatic carbocycles. The van der Waals surface area contributed by atoms with Crippen LogP contribution in [-0.4, -0.2) is 23.4 Å². The van der Waals surface area contributed by atoms with E-state index < -0.39 is 0 Å². The van der Waals surface area contributed by atoms with Crippen LogP contribution in [0.2, 0.25) is 0 Å². The molecule has 0 saturated carbocycles. The number of carbonyl (C=O) groups is 1. The van der Waals surface area contributed by atoms with Crippen LogP contribution in [0.5, 0.6) is 0 Å². The van der Waals surface area contributed by atoms with Crippen LogP contribution >= 0.6 is 0 Å². The summed E-state index contributed by atoms with van der Waals surface area (Å²) in [4.78, 5) is 13.9. The lowest BCUT2D eigenvalue weighted by molar-refractivity contribution is -0.132. The van der Waals surface area contributed by atoms with Crippen molar-refractivity contribution in [3.63, 3.8) is 0 Å². The van der Waals surface area contributed by atoms with Crippen molar-refractivity contribution in [3.8, 4) is 0 Å². The zero-order valence-electron chi connectivity index (χ0n) is 12.7. The summed E-state index contributed by atoms with van der Waals surface area (Å²) in [5.74, 6) is 0.145. The minimum Gasteiger partial charge on any atom is -0.339 e. The minimum atomic E-state index is -0.288. The van der Waals surface area contributed by atoms with Gasteiger partial charge in [-0.3, -0.25) is 4.79 Å². The number of rotatable bonds is 5. The van der Waals surface area contributed by atoms with Crippen molar-refractivity contribution in [1.29, 1.82) is 0 Å². The van der Waals surface area contributed by atoms with Crippen LogP contribution in [0, 0.1) is 6.92 Å². The first-order chi connectivity index (χ1) is 8.70. The van der Waals surface area contributed by atoms with Crippen LogP contribution < -0.4 is 5.73 Å². The number of nitrogens with two attached hydrogens (primary N) is 1. The topological polar surface area (TPSA) is 46.3 Å². The van der Waals surface area contributed by atoms with E-state index in [-0.39, 0.29) is 17.5 Å². The highest BCUT2D eigenvalue weighted by Crippen LogP contribution is 2.20. The van der Waals surface area contributed by atoms with Gasteiger partial charge in [0, 0.05) is 19.0 Å². The highest BCUT2D eigenvalue weighted by molar-refractivity contribution is 5.76. The van der Waals surface area contributed by atoms with Gasteiger partial charge < -0.3 is 10.6 Å². The van der Waals surface area contributed by atoms with Crippen LogP contribution in [0.3, 0.4) is 0 Å². The second-order valence-corrected chi connectivity index (χ2v) is 6.08. The highest BCUT2D eigenvalue weighted by Gasteiger charge is 2.19. The minimum absolute atomic E-state index is 0.0917. The Balaban J connectivity index is 2.63. The number of hydrogen-bond donors (Lipinski definition) is 1. The Hall–Kier alpha value is -1.35. The van der Waals surface area contributed by atoms with E-state index in [1.165, 1.54) is 5.56 Å². The summed E-state index contributed by atoms with van der Waals surface area (Å²) >= 11 is 0. The summed E-state index contributed by atoms with van der Waals surface area (Å²) in [6.07, 6.45) is 1.20. The molecule has 1 atom stereocenters. The molecule has 3 nitrogen and oxygen atoms in total. The Morgan fingerprint density at radius 3 is 2.32 bits per heavy atom. The third-order valence-corrected chi connectivity index (χ3v) is 3.52. The number of amides is 1. The molecule has 2 N–H and O–H groups in total. The van der Waals surface area contributed by atoms with E-state index in [0.717, 1.165) is 5.56 Å². The van der Waals surface area contributed by atoms with Crippen molar-refractivity contribution in [2.24, 2.45) is 5.73 Å². The summed E-state index contributed by atoms with van der Waals surface area (Å²) in [5, 5.41) is 0. The lowest BCUT2D eigenvalue weighted by Crippen LogP contribution is -2.35. The monoisotopic (exact) mass is 262 g/mol. The smallest absolute Gasteiger partial charge is 0.222 e. The van der Waals surface area contributed by atoms with Crippen molar-refractivity contribution in [2.45, 2.75) is 52.1 Å². The average molecular weight is 262 g/mol. The second kappa shape index (κ2) is 6.20. The standard InChI is InChI=1S/C16H26N2O/c1-12-6-8-14(9-7-12)13(2)18(5)15(19)10-11-16(3,4)17/h6-9,13H,10-11,17H2,1-5H3. The number of aryl methyl sites for hydroxylation is 1. The van der Waals surface area contributed by atoms with Crippen LogP contribution in [0.1, 0.15) is 50.8 Å². The Labute approximate surface area is 116 Å². The zero-order valence-corrected chi connectivity index (χ0v) is 12.7. The maximum Gasteiger partial charge on any atom is 0.222 e. The third kappa shape index (κ3) is 5.03. The van der Waals surface area contributed by atoms with Crippen LogP contribution in [-0.2, 0) is 4.79 Å². The molecule has 0 aliphatic rings. The Kier molecular flexibility index (Phi) is 5.12. The Morgan fingerprint density at radius 1 is 1.32 bits per heavy atom. The van der Waals surface area contributed by atoms with Crippen molar-refractivity contribution >= 4 is 5.91 Å². The Morgan fingerprint density at radius 2 is 1.84 bits per heavy atom. The maximum atomic E-state index is 12.1. The van der Waals surface area contributed by atoms with Gasteiger partial charge in [0.05, 0.1) is 6.04 Å². The van der Waals surface area contributed by atoms with E-state index in [4.69, 9.17) is 5.73 Å². The van der Waals surface area contributed by atoms with E-state index in [1.54, 1.807) is 4.90 Å². The van der Waals surface area contributed by atoms with Gasteiger partial charge in [-0.15, -0.1) is 0 Å². The fraction of sp³-hybridized carbons (Fsp3) is 0.562. The molecule has 0 spiro atoms. The molecule has 0 saturated heterocycles. The molecule has 0 aliphatic carbocycles. The normalized spacial score (nSPS) is 13.2. The third-order valence-electron chi connectivity index (χ3n) is 3.52. The number of benzene rings is 1. The summed E-state index contributed by atoms with van der Waals surface area (Å²) < 4.78 is 0. The van der Waals surface area contributed by atoms with Gasteiger partial charge in [0.1, 0.15) is 0 Å². The molecule has 19 heavy (non-hydrogen) atoms. The van der Waals surface area contributed by atoms with Gasteiger partial charge in [-0.05, 0) is 39.7 Å². The van der Waals surface area contributed by atoms with E-state index >= 15 is 0 Å². The fourth-order valence-electron chi connectivity index (χ4n) is 1.89. The average Bonchev–Trinajstić information content (AvgIpc) is 2.34. The van der Waals surface area contributed by atoms with Gasteiger partial charge >= 0.3 is 0 Å². The second-order valence-electron chi connectivity index (χ2n) is 6.08. The summed E-state index contributed by atoms with van der Waals surface area (Å²) in [7, 11) is 1.86. The predicted octanol–water partition coefficient (Wildman–Crippen LogP) is 3.03. The van der Waals surface area contributed by atoms with Crippen molar-refractivity contribution < 1.29 is 4.79 Å². The lowest BCUT2D eigenvalue weighted by atomic mass is 9.99. The molecule has 0 radical (unpaired) electrons. The first-order valence-electron chi connectivity index (χ1n) is 6.82.